The third-order valence-electron chi connectivity index (χ3n) is 1.09. The van der Waals surface area contributed by atoms with Crippen LogP contribution < -0.4 is 0 Å². The van der Waals surface area contributed by atoms with E-state index in [9.17, 15) is 4.79 Å². The predicted octanol–water partition coefficient (Wildman–Crippen LogP) is 1.72. The van der Waals surface area contributed by atoms with Crippen molar-refractivity contribution in [2.75, 3.05) is 6.61 Å². The molecule has 3 nitrogen and oxygen atoms in total. The fourth-order valence-corrected chi connectivity index (χ4v) is 1.08. The maximum absolute atomic E-state index is 10.3. The number of halogens is 2. The van der Waals surface area contributed by atoms with Crippen molar-refractivity contribution in [2.24, 2.45) is 0 Å². The van der Waals surface area contributed by atoms with Gasteiger partial charge in [0.25, 0.3) is 0 Å². The van der Waals surface area contributed by atoms with Gasteiger partial charge in [0.05, 0.1) is 0 Å². The zero-order valence-electron chi connectivity index (χ0n) is 5.05. The Labute approximate surface area is 68.2 Å². The van der Waals surface area contributed by atoms with Crippen LogP contribution >= 0.6 is 23.2 Å². The Kier molecular flexibility index (Phi) is 2.63. The van der Waals surface area contributed by atoms with Crippen molar-refractivity contribution >= 4 is 29.4 Å². The van der Waals surface area contributed by atoms with Crippen LogP contribution in [0.4, 0.5) is 4.79 Å². The summed E-state index contributed by atoms with van der Waals surface area (Å²) < 4.78 is 9.13. The molecule has 5 heteroatoms. The fraction of sp³-hybridized carbons (Fsp3) is 0.800. The average molecular weight is 185 g/mol. The lowest BCUT2D eigenvalue weighted by Crippen LogP contribution is -2.12. The van der Waals surface area contributed by atoms with Gasteiger partial charge in [-0.15, -0.1) is 23.2 Å². The van der Waals surface area contributed by atoms with Crippen LogP contribution in [-0.4, -0.2) is 23.7 Å². The van der Waals surface area contributed by atoms with Crippen molar-refractivity contribution < 1.29 is 14.3 Å². The largest absolute Gasteiger partial charge is 0.508 e. The second kappa shape index (κ2) is 3.30. The Balaban J connectivity index is 2.24. The van der Waals surface area contributed by atoms with E-state index in [1.165, 1.54) is 0 Å². The van der Waals surface area contributed by atoms with E-state index in [-0.39, 0.29) is 12.7 Å². The van der Waals surface area contributed by atoms with Crippen LogP contribution in [0.1, 0.15) is 6.42 Å². The van der Waals surface area contributed by atoms with E-state index in [0.29, 0.717) is 6.42 Å². The minimum Gasteiger partial charge on any atom is -0.430 e. The molecule has 1 rings (SSSR count). The van der Waals surface area contributed by atoms with E-state index in [0.717, 1.165) is 0 Å². The van der Waals surface area contributed by atoms with Gasteiger partial charge in [0.15, 0.2) is 0 Å². The van der Waals surface area contributed by atoms with Crippen LogP contribution in [0.5, 0.6) is 0 Å². The van der Waals surface area contributed by atoms with Gasteiger partial charge in [-0.05, 0) is 0 Å². The highest BCUT2D eigenvalue weighted by atomic mass is 35.5. The Morgan fingerprint density at radius 3 is 2.80 bits per heavy atom. The molecule has 1 fully saturated rings. The van der Waals surface area contributed by atoms with Gasteiger partial charge in [0, 0.05) is 6.42 Å². The number of carbonyl (C=O) groups is 1. The quantitative estimate of drug-likeness (QED) is 0.485. The number of hydrogen-bond acceptors (Lipinski definition) is 3. The molecule has 0 aromatic carbocycles. The molecule has 0 bridgehead atoms. The Hall–Kier alpha value is -0.150. The molecule has 1 atom stereocenters. The Morgan fingerprint density at radius 1 is 1.70 bits per heavy atom. The minimum atomic E-state index is -0.640. The lowest BCUT2D eigenvalue weighted by molar-refractivity contribution is 0.117. The highest BCUT2D eigenvalue weighted by Gasteiger charge is 2.26. The van der Waals surface area contributed by atoms with E-state index in [1.54, 1.807) is 0 Å². The van der Waals surface area contributed by atoms with Crippen molar-refractivity contribution in [1.29, 1.82) is 0 Å². The lowest BCUT2D eigenvalue weighted by atomic mass is 10.3. The van der Waals surface area contributed by atoms with E-state index in [2.05, 4.69) is 9.47 Å². The van der Waals surface area contributed by atoms with Gasteiger partial charge >= 0.3 is 6.16 Å². The standard InChI is InChI=1S/C5H6Cl2O3/c6-4(7)1-3-2-9-5(8)10-3/h3-4H,1-2H2. The van der Waals surface area contributed by atoms with Gasteiger partial charge < -0.3 is 9.47 Å². The summed E-state index contributed by atoms with van der Waals surface area (Å²) in [5, 5.41) is 0. The van der Waals surface area contributed by atoms with Crippen LogP contribution in [-0.2, 0) is 9.47 Å². The first-order chi connectivity index (χ1) is 4.68. The average Bonchev–Trinajstić information content (AvgIpc) is 2.13. The van der Waals surface area contributed by atoms with Gasteiger partial charge in [0.2, 0.25) is 0 Å². The molecule has 0 saturated carbocycles. The van der Waals surface area contributed by atoms with E-state index in [1.807, 2.05) is 0 Å². The molecule has 1 aliphatic rings. The van der Waals surface area contributed by atoms with Crippen LogP contribution in [0.2, 0.25) is 0 Å². The molecule has 0 aromatic rings. The second-order valence-electron chi connectivity index (χ2n) is 1.93. The molecule has 58 valence electrons. The number of hydrogen-bond donors (Lipinski definition) is 0. The van der Waals surface area contributed by atoms with Gasteiger partial charge in [0.1, 0.15) is 17.5 Å². The van der Waals surface area contributed by atoms with Crippen LogP contribution in [0, 0.1) is 0 Å². The van der Waals surface area contributed by atoms with Crippen molar-refractivity contribution in [3.8, 4) is 0 Å². The van der Waals surface area contributed by atoms with Crippen molar-refractivity contribution in [2.45, 2.75) is 17.4 Å². The second-order valence-corrected chi connectivity index (χ2v) is 3.20. The van der Waals surface area contributed by atoms with E-state index < -0.39 is 11.0 Å². The Morgan fingerprint density at radius 2 is 2.40 bits per heavy atom. The molecule has 10 heavy (non-hydrogen) atoms. The number of ether oxygens (including phenoxy) is 2. The maximum atomic E-state index is 10.3. The van der Waals surface area contributed by atoms with Gasteiger partial charge in [-0.2, -0.15) is 0 Å². The number of rotatable bonds is 2. The summed E-state index contributed by atoms with van der Waals surface area (Å²) in [5.41, 5.74) is 0. The van der Waals surface area contributed by atoms with Crippen LogP contribution in [0.25, 0.3) is 0 Å². The molecule has 0 N–H and O–H groups in total. The van der Waals surface area contributed by atoms with E-state index in [4.69, 9.17) is 23.2 Å². The van der Waals surface area contributed by atoms with Crippen molar-refractivity contribution in [3.63, 3.8) is 0 Å². The lowest BCUT2D eigenvalue weighted by Gasteiger charge is -2.04. The zero-order valence-corrected chi connectivity index (χ0v) is 6.56. The molecule has 1 unspecified atom stereocenters. The summed E-state index contributed by atoms with van der Waals surface area (Å²) in [5.74, 6) is 0. The van der Waals surface area contributed by atoms with Crippen molar-refractivity contribution in [3.05, 3.63) is 0 Å². The van der Waals surface area contributed by atoms with Crippen LogP contribution in [0.3, 0.4) is 0 Å². The maximum Gasteiger partial charge on any atom is 0.508 e. The molecule has 0 aliphatic carbocycles. The summed E-state index contributed by atoms with van der Waals surface area (Å²) in [7, 11) is 0. The monoisotopic (exact) mass is 184 g/mol. The molecule has 0 spiro atoms. The molecule has 0 radical (unpaired) electrons. The molecule has 1 heterocycles. The summed E-state index contributed by atoms with van der Waals surface area (Å²) in [4.78, 5) is 9.80. The zero-order chi connectivity index (χ0) is 7.56. The Bertz CT molecular complexity index is 137. The van der Waals surface area contributed by atoms with Crippen molar-refractivity contribution in [1.82, 2.24) is 0 Å². The molecule has 0 amide bonds. The third kappa shape index (κ3) is 2.23. The van der Waals surface area contributed by atoms with Gasteiger partial charge in [-0.3, -0.25) is 0 Å². The highest BCUT2D eigenvalue weighted by molar-refractivity contribution is 6.44. The SMILES string of the molecule is O=C1OCC(CC(Cl)Cl)O1. The summed E-state index contributed by atoms with van der Waals surface area (Å²) in [6.45, 7) is 0.259. The highest BCUT2D eigenvalue weighted by Crippen LogP contribution is 2.17. The smallest absolute Gasteiger partial charge is 0.430 e. The molecule has 0 aromatic heterocycles. The summed E-state index contributed by atoms with van der Waals surface area (Å²) >= 11 is 10.8. The molecule has 1 aliphatic heterocycles. The first-order valence-corrected chi connectivity index (χ1v) is 3.67. The van der Waals surface area contributed by atoms with Crippen LogP contribution in [0.15, 0.2) is 0 Å². The molecular formula is C5H6Cl2O3. The topological polar surface area (TPSA) is 35.5 Å². The predicted molar refractivity (Wildman–Crippen MR) is 36.3 cm³/mol. The first-order valence-electron chi connectivity index (χ1n) is 2.80. The number of cyclic esters (lactones) is 2. The third-order valence-corrected chi connectivity index (χ3v) is 1.45. The summed E-state index contributed by atoms with van der Waals surface area (Å²) in [6.07, 6.45) is -0.485. The first kappa shape index (κ1) is 7.95. The number of alkyl halides is 2. The molecular weight excluding hydrogens is 179 g/mol. The van der Waals surface area contributed by atoms with Gasteiger partial charge in [-0.1, -0.05) is 0 Å². The van der Waals surface area contributed by atoms with E-state index >= 15 is 0 Å². The molecule has 1 saturated heterocycles. The normalized spacial score (nSPS) is 24.7. The minimum absolute atomic E-state index is 0.259. The van der Waals surface area contributed by atoms with Gasteiger partial charge in [-0.25, -0.2) is 4.79 Å². The number of carbonyl (C=O) groups excluding carboxylic acids is 1. The fourth-order valence-electron chi connectivity index (χ4n) is 0.680. The summed E-state index contributed by atoms with van der Waals surface area (Å²) in [6, 6.07) is 0.